The summed E-state index contributed by atoms with van der Waals surface area (Å²) in [7, 11) is 0. The van der Waals surface area contributed by atoms with Gasteiger partial charge in [-0.3, -0.25) is 4.79 Å². The maximum Gasteiger partial charge on any atom is 0.325 e. The highest BCUT2D eigenvalue weighted by molar-refractivity contribution is 6.40. The third kappa shape index (κ3) is 7.93. The molecule has 0 spiro atoms. The Morgan fingerprint density at radius 2 is 1.74 bits per heavy atom. The van der Waals surface area contributed by atoms with Gasteiger partial charge in [0.05, 0.1) is 38.3 Å². The fourth-order valence-corrected chi connectivity index (χ4v) is 4.44. The average molecular weight is 577 g/mol. The number of halogens is 2. The molecular formula is C27H30Cl2N4O6. The molecule has 1 aliphatic rings. The molecule has 3 N–H and O–H groups in total. The first-order chi connectivity index (χ1) is 18.9. The Labute approximate surface area is 236 Å². The molecule has 1 fully saturated rings. The van der Waals surface area contributed by atoms with Crippen LogP contribution in [-0.4, -0.2) is 45.9 Å². The highest BCUT2D eigenvalue weighted by Gasteiger charge is 2.32. The van der Waals surface area contributed by atoms with Crippen molar-refractivity contribution in [2.75, 3.05) is 13.2 Å². The molecule has 0 saturated carbocycles. The van der Waals surface area contributed by atoms with Crippen LogP contribution >= 0.6 is 23.2 Å². The van der Waals surface area contributed by atoms with Crippen molar-refractivity contribution >= 4 is 35.2 Å². The number of hydrogen-bond acceptors (Lipinski definition) is 7. The molecule has 3 aromatic rings. The second-order valence-electron chi connectivity index (χ2n) is 8.91. The predicted molar refractivity (Wildman–Crippen MR) is 144 cm³/mol. The minimum atomic E-state index is -0.654. The molecule has 2 aromatic carbocycles. The van der Waals surface area contributed by atoms with Crippen molar-refractivity contribution in [1.82, 2.24) is 20.2 Å². The molecule has 1 aliphatic heterocycles. The largest absolute Gasteiger partial charge is 0.465 e. The van der Waals surface area contributed by atoms with Gasteiger partial charge in [-0.1, -0.05) is 71.7 Å². The van der Waals surface area contributed by atoms with E-state index in [4.69, 9.17) is 37.4 Å². The molecule has 2 heterocycles. The number of urea groups is 1. The van der Waals surface area contributed by atoms with Gasteiger partial charge in [0.1, 0.15) is 11.7 Å². The number of carbonyl (C=O) groups is 2. The Morgan fingerprint density at radius 3 is 2.38 bits per heavy atom. The first-order valence-electron chi connectivity index (χ1n) is 12.5. The van der Waals surface area contributed by atoms with Gasteiger partial charge in [-0.15, -0.1) is 0 Å². The zero-order chi connectivity index (χ0) is 27.8. The Bertz CT molecular complexity index is 1250. The fourth-order valence-electron chi connectivity index (χ4n) is 4.12. The lowest BCUT2D eigenvalue weighted by Gasteiger charge is -2.36. The lowest BCUT2D eigenvalue weighted by atomic mass is 10.00. The van der Waals surface area contributed by atoms with Crippen LogP contribution in [0.3, 0.4) is 0 Å². The van der Waals surface area contributed by atoms with E-state index in [-0.39, 0.29) is 43.7 Å². The molecule has 10 nitrogen and oxygen atoms in total. The number of rotatable bonds is 10. The lowest BCUT2D eigenvalue weighted by Crippen LogP contribution is -2.38. The Balaban J connectivity index is 1.42. The van der Waals surface area contributed by atoms with Crippen molar-refractivity contribution in [2.45, 2.75) is 51.5 Å². The molecule has 39 heavy (non-hydrogen) atoms. The van der Waals surface area contributed by atoms with Crippen LogP contribution in [0.1, 0.15) is 48.0 Å². The van der Waals surface area contributed by atoms with E-state index in [1.165, 1.54) is 0 Å². The number of imidazole rings is 1. The average Bonchev–Trinajstić information content (AvgIpc) is 3.27. The Kier molecular flexibility index (Phi) is 10.2. The number of nitrogens with one attached hydrogen (secondary N) is 2. The molecular weight excluding hydrogens is 547 g/mol. The van der Waals surface area contributed by atoms with Crippen LogP contribution in [0.15, 0.2) is 54.9 Å². The number of amides is 2. The molecule has 0 aliphatic carbocycles. The highest BCUT2D eigenvalue weighted by atomic mass is 35.5. The van der Waals surface area contributed by atoms with Gasteiger partial charge in [0.15, 0.2) is 11.4 Å². The maximum absolute atomic E-state index is 12.0. The fraction of sp³-hybridized carbons (Fsp3) is 0.370. The van der Waals surface area contributed by atoms with Gasteiger partial charge >= 0.3 is 12.0 Å². The Morgan fingerprint density at radius 1 is 1.05 bits per heavy atom. The standard InChI is InChI=1S/C27H30Cl2N4O6/c1-2-37-23(35)13-31-27(36)30-12-17-3-9-20(10-4-17)26-38-21(14-33-16-32-24(28)25(33)29)11-22(39-26)19-7-5-18(15-34)6-8-19/h3-10,16,21-22,26,34H,2,11-15H2,1H3,(H2,30,31,36)/t21-,22+,26+/m0/s1. The number of aromatic nitrogens is 2. The van der Waals surface area contributed by atoms with Gasteiger partial charge in [-0.2, -0.15) is 0 Å². The number of hydrogen-bond donors (Lipinski definition) is 3. The van der Waals surface area contributed by atoms with Gasteiger partial charge in [0.2, 0.25) is 0 Å². The van der Waals surface area contributed by atoms with Crippen LogP contribution in [-0.2, 0) is 38.7 Å². The molecule has 1 saturated heterocycles. The van der Waals surface area contributed by atoms with Crippen molar-refractivity contribution in [3.63, 3.8) is 0 Å². The molecule has 1 aromatic heterocycles. The summed E-state index contributed by atoms with van der Waals surface area (Å²) in [6, 6.07) is 14.7. The van der Waals surface area contributed by atoms with Crippen molar-refractivity contribution in [2.24, 2.45) is 0 Å². The number of carbonyl (C=O) groups excluding carboxylic acids is 2. The van der Waals surface area contributed by atoms with E-state index in [1.807, 2.05) is 48.5 Å². The zero-order valence-electron chi connectivity index (χ0n) is 21.3. The molecule has 208 valence electrons. The number of ether oxygens (including phenoxy) is 3. The quantitative estimate of drug-likeness (QED) is 0.307. The van der Waals surface area contributed by atoms with Crippen molar-refractivity contribution in [3.05, 3.63) is 87.4 Å². The van der Waals surface area contributed by atoms with E-state index >= 15 is 0 Å². The minimum absolute atomic E-state index is 0.0334. The third-order valence-electron chi connectivity index (χ3n) is 6.15. The van der Waals surface area contributed by atoms with E-state index in [2.05, 4.69) is 15.6 Å². The van der Waals surface area contributed by atoms with E-state index in [0.717, 1.165) is 22.3 Å². The van der Waals surface area contributed by atoms with E-state index in [0.29, 0.717) is 18.1 Å². The first kappa shape index (κ1) is 28.8. The molecule has 3 atom stereocenters. The van der Waals surface area contributed by atoms with Crippen molar-refractivity contribution < 1.29 is 28.9 Å². The number of benzene rings is 2. The summed E-state index contributed by atoms with van der Waals surface area (Å²) >= 11 is 12.3. The maximum atomic E-state index is 12.0. The summed E-state index contributed by atoms with van der Waals surface area (Å²) in [5.74, 6) is -0.496. The highest BCUT2D eigenvalue weighted by Crippen LogP contribution is 2.38. The second-order valence-corrected chi connectivity index (χ2v) is 9.63. The number of aliphatic hydroxyl groups excluding tert-OH is 1. The van der Waals surface area contributed by atoms with Gasteiger partial charge in [0, 0.05) is 18.5 Å². The summed E-state index contributed by atoms with van der Waals surface area (Å²) < 4.78 is 19.2. The number of aliphatic hydroxyl groups is 1. The van der Waals surface area contributed by atoms with Gasteiger partial charge in [0.25, 0.3) is 0 Å². The summed E-state index contributed by atoms with van der Waals surface area (Å²) in [4.78, 5) is 27.4. The molecule has 0 bridgehead atoms. The Hall–Kier alpha value is -3.15. The molecule has 0 radical (unpaired) electrons. The van der Waals surface area contributed by atoms with Crippen LogP contribution in [0, 0.1) is 0 Å². The SMILES string of the molecule is CCOC(=O)CNC(=O)NCc1ccc([C@@H]2O[C@H](Cn3cnc(Cl)c3Cl)C[C@H](c3ccc(CO)cc3)O2)cc1. The first-order valence-corrected chi connectivity index (χ1v) is 13.2. The van der Waals surface area contributed by atoms with Gasteiger partial charge < -0.3 is 34.5 Å². The van der Waals surface area contributed by atoms with Gasteiger partial charge in [-0.05, 0) is 23.6 Å². The second kappa shape index (κ2) is 13.8. The summed E-state index contributed by atoms with van der Waals surface area (Å²) in [6.07, 6.45) is 0.985. The lowest BCUT2D eigenvalue weighted by molar-refractivity contribution is -0.252. The molecule has 4 rings (SSSR count). The number of nitrogens with zero attached hydrogens (tertiary/aromatic N) is 2. The molecule has 0 unspecified atom stereocenters. The predicted octanol–water partition coefficient (Wildman–Crippen LogP) is 4.29. The summed E-state index contributed by atoms with van der Waals surface area (Å²) in [5, 5.41) is 15.1. The molecule has 2 amide bonds. The van der Waals surface area contributed by atoms with Gasteiger partial charge in [-0.25, -0.2) is 9.78 Å². The monoisotopic (exact) mass is 576 g/mol. The molecule has 12 heteroatoms. The van der Waals surface area contributed by atoms with E-state index in [9.17, 15) is 14.7 Å². The smallest absolute Gasteiger partial charge is 0.325 e. The van der Waals surface area contributed by atoms with Crippen molar-refractivity contribution in [1.29, 1.82) is 0 Å². The van der Waals surface area contributed by atoms with Crippen molar-refractivity contribution in [3.8, 4) is 0 Å². The zero-order valence-corrected chi connectivity index (χ0v) is 22.8. The van der Waals surface area contributed by atoms with Crippen LogP contribution in [0.5, 0.6) is 0 Å². The van der Waals surface area contributed by atoms with E-state index in [1.54, 1.807) is 17.8 Å². The van der Waals surface area contributed by atoms with Crippen LogP contribution < -0.4 is 10.6 Å². The summed E-state index contributed by atoms with van der Waals surface area (Å²) in [6.45, 7) is 2.43. The number of esters is 1. The third-order valence-corrected chi connectivity index (χ3v) is 6.92. The minimum Gasteiger partial charge on any atom is -0.465 e. The van der Waals surface area contributed by atoms with Crippen LogP contribution in [0.2, 0.25) is 10.3 Å². The summed E-state index contributed by atoms with van der Waals surface area (Å²) in [5.41, 5.74) is 3.45. The van der Waals surface area contributed by atoms with Crippen LogP contribution in [0.25, 0.3) is 0 Å². The topological polar surface area (TPSA) is 124 Å². The van der Waals surface area contributed by atoms with Crippen LogP contribution in [0.4, 0.5) is 4.79 Å². The van der Waals surface area contributed by atoms with E-state index < -0.39 is 18.3 Å². The normalized spacial score (nSPS) is 18.9.